The molecular weight excluding hydrogens is 298 g/mol. The summed E-state index contributed by atoms with van der Waals surface area (Å²) < 4.78 is 11.9. The van der Waals surface area contributed by atoms with Gasteiger partial charge < -0.3 is 10.4 Å². The SMILES string of the molecule is CCS(=O)c1ccccc1C(=O)NCCSCC(=O)O. The lowest BCUT2D eigenvalue weighted by molar-refractivity contribution is -0.133. The molecule has 0 aliphatic rings. The predicted molar refractivity (Wildman–Crippen MR) is 80.7 cm³/mol. The maximum absolute atomic E-state index is 12.0. The molecule has 0 saturated carbocycles. The molecule has 0 spiro atoms. The molecule has 1 aromatic carbocycles. The second-order valence-corrected chi connectivity index (χ2v) is 6.65. The normalized spacial score (nSPS) is 11.8. The van der Waals surface area contributed by atoms with Crippen LogP contribution in [0, 0.1) is 0 Å². The van der Waals surface area contributed by atoms with Crippen molar-refractivity contribution in [2.75, 3.05) is 23.8 Å². The fraction of sp³-hybridized carbons (Fsp3) is 0.385. The Kier molecular flexibility index (Phi) is 7.32. The zero-order valence-electron chi connectivity index (χ0n) is 11.1. The van der Waals surface area contributed by atoms with E-state index >= 15 is 0 Å². The van der Waals surface area contributed by atoms with Gasteiger partial charge in [0.25, 0.3) is 5.91 Å². The maximum atomic E-state index is 12.0. The molecule has 1 aromatic rings. The van der Waals surface area contributed by atoms with Crippen molar-refractivity contribution in [1.82, 2.24) is 5.32 Å². The van der Waals surface area contributed by atoms with E-state index in [0.717, 1.165) is 0 Å². The topological polar surface area (TPSA) is 83.5 Å². The zero-order valence-corrected chi connectivity index (χ0v) is 12.8. The number of nitrogens with one attached hydrogen (secondary N) is 1. The summed E-state index contributed by atoms with van der Waals surface area (Å²) in [6.45, 7) is 2.18. The number of carbonyl (C=O) groups is 2. The van der Waals surface area contributed by atoms with Crippen molar-refractivity contribution in [2.45, 2.75) is 11.8 Å². The van der Waals surface area contributed by atoms with E-state index < -0.39 is 16.8 Å². The van der Waals surface area contributed by atoms with Crippen molar-refractivity contribution >= 4 is 34.4 Å². The molecule has 0 bridgehead atoms. The summed E-state index contributed by atoms with van der Waals surface area (Å²) in [6.07, 6.45) is 0. The van der Waals surface area contributed by atoms with Crippen LogP contribution in [0.1, 0.15) is 17.3 Å². The number of amides is 1. The lowest BCUT2D eigenvalue weighted by Gasteiger charge is -2.09. The number of hydrogen-bond acceptors (Lipinski definition) is 4. The Morgan fingerprint density at radius 2 is 2.05 bits per heavy atom. The summed E-state index contributed by atoms with van der Waals surface area (Å²) in [5.41, 5.74) is 0.413. The number of rotatable bonds is 8. The molecule has 7 heteroatoms. The highest BCUT2D eigenvalue weighted by Crippen LogP contribution is 2.13. The lowest BCUT2D eigenvalue weighted by atomic mass is 10.2. The van der Waals surface area contributed by atoms with Crippen molar-refractivity contribution in [3.63, 3.8) is 0 Å². The predicted octanol–water partition coefficient (Wildman–Crippen LogP) is 1.36. The van der Waals surface area contributed by atoms with Crippen LogP contribution >= 0.6 is 11.8 Å². The summed E-state index contributed by atoms with van der Waals surface area (Å²) >= 11 is 1.24. The summed E-state index contributed by atoms with van der Waals surface area (Å²) in [6, 6.07) is 6.81. The number of carboxylic acids is 1. The fourth-order valence-electron chi connectivity index (χ4n) is 1.50. The Labute approximate surface area is 124 Å². The first-order valence-electron chi connectivity index (χ1n) is 6.11. The van der Waals surface area contributed by atoms with E-state index in [9.17, 15) is 13.8 Å². The number of benzene rings is 1. The molecule has 0 aliphatic carbocycles. The van der Waals surface area contributed by atoms with Gasteiger partial charge in [-0.3, -0.25) is 13.8 Å². The van der Waals surface area contributed by atoms with Gasteiger partial charge in [-0.1, -0.05) is 19.1 Å². The fourth-order valence-corrected chi connectivity index (χ4v) is 3.01. The van der Waals surface area contributed by atoms with Crippen molar-refractivity contribution in [2.24, 2.45) is 0 Å². The van der Waals surface area contributed by atoms with Crippen LogP contribution in [0.25, 0.3) is 0 Å². The smallest absolute Gasteiger partial charge is 0.313 e. The first kappa shape index (κ1) is 16.7. The average Bonchev–Trinajstić information content (AvgIpc) is 2.45. The number of hydrogen-bond donors (Lipinski definition) is 2. The molecular formula is C13H17NO4S2. The Hall–Kier alpha value is -1.34. The Morgan fingerprint density at radius 1 is 1.35 bits per heavy atom. The first-order chi connectivity index (χ1) is 9.56. The van der Waals surface area contributed by atoms with Gasteiger partial charge in [-0.2, -0.15) is 0 Å². The van der Waals surface area contributed by atoms with Gasteiger partial charge in [-0.05, 0) is 12.1 Å². The Balaban J connectivity index is 2.55. The molecule has 1 rings (SSSR count). The van der Waals surface area contributed by atoms with E-state index in [1.807, 2.05) is 0 Å². The van der Waals surface area contributed by atoms with Crippen LogP contribution in [-0.4, -0.2) is 45.0 Å². The second-order valence-electron chi connectivity index (χ2n) is 3.83. The third kappa shape index (κ3) is 5.34. The van der Waals surface area contributed by atoms with E-state index in [1.165, 1.54) is 11.8 Å². The molecule has 1 unspecified atom stereocenters. The first-order valence-corrected chi connectivity index (χ1v) is 8.58. The minimum absolute atomic E-state index is 0.0201. The van der Waals surface area contributed by atoms with Crippen LogP contribution in [-0.2, 0) is 15.6 Å². The standard InChI is InChI=1S/C13H17NO4S2/c1-2-20(18)11-6-4-3-5-10(11)13(17)14-7-8-19-9-12(15)16/h3-6H,2,7-9H2,1H3,(H,14,17)(H,15,16). The van der Waals surface area contributed by atoms with Crippen LogP contribution in [0.15, 0.2) is 29.2 Å². The monoisotopic (exact) mass is 315 g/mol. The lowest BCUT2D eigenvalue weighted by Crippen LogP contribution is -2.27. The number of carbonyl (C=O) groups excluding carboxylic acids is 1. The highest BCUT2D eigenvalue weighted by molar-refractivity contribution is 7.99. The summed E-state index contributed by atoms with van der Waals surface area (Å²) in [5, 5.41) is 11.2. The molecule has 0 radical (unpaired) electrons. The van der Waals surface area contributed by atoms with Gasteiger partial charge in [0.1, 0.15) is 0 Å². The number of carboxylic acid groups (broad SMARTS) is 1. The number of thioether (sulfide) groups is 1. The van der Waals surface area contributed by atoms with Crippen molar-refractivity contribution in [3.05, 3.63) is 29.8 Å². The molecule has 0 aliphatic heterocycles. The van der Waals surface area contributed by atoms with E-state index in [1.54, 1.807) is 31.2 Å². The van der Waals surface area contributed by atoms with E-state index in [-0.39, 0.29) is 11.7 Å². The summed E-state index contributed by atoms with van der Waals surface area (Å²) in [7, 11) is -1.18. The third-order valence-electron chi connectivity index (χ3n) is 2.40. The summed E-state index contributed by atoms with van der Waals surface area (Å²) in [5.74, 6) is -0.148. The van der Waals surface area contributed by atoms with Gasteiger partial charge >= 0.3 is 5.97 Å². The van der Waals surface area contributed by atoms with Crippen molar-refractivity contribution < 1.29 is 18.9 Å². The van der Waals surface area contributed by atoms with Crippen LogP contribution in [0.5, 0.6) is 0 Å². The Bertz CT molecular complexity index is 505. The third-order valence-corrected chi connectivity index (χ3v) is 4.71. The minimum Gasteiger partial charge on any atom is -0.481 e. The highest BCUT2D eigenvalue weighted by atomic mass is 32.2. The minimum atomic E-state index is -1.18. The van der Waals surface area contributed by atoms with Gasteiger partial charge in [0.2, 0.25) is 0 Å². The highest BCUT2D eigenvalue weighted by Gasteiger charge is 2.13. The van der Waals surface area contributed by atoms with Crippen LogP contribution < -0.4 is 5.32 Å². The average molecular weight is 315 g/mol. The van der Waals surface area contributed by atoms with Crippen LogP contribution in [0.4, 0.5) is 0 Å². The van der Waals surface area contributed by atoms with E-state index in [2.05, 4.69) is 5.32 Å². The van der Waals surface area contributed by atoms with Crippen molar-refractivity contribution in [1.29, 1.82) is 0 Å². The molecule has 5 nitrogen and oxygen atoms in total. The maximum Gasteiger partial charge on any atom is 0.313 e. The van der Waals surface area contributed by atoms with Gasteiger partial charge in [-0.15, -0.1) is 11.8 Å². The number of aliphatic carboxylic acids is 1. The van der Waals surface area contributed by atoms with E-state index in [4.69, 9.17) is 5.11 Å². The molecule has 20 heavy (non-hydrogen) atoms. The van der Waals surface area contributed by atoms with Gasteiger partial charge in [-0.25, -0.2) is 0 Å². The van der Waals surface area contributed by atoms with Crippen LogP contribution in [0.2, 0.25) is 0 Å². The molecule has 2 N–H and O–H groups in total. The molecule has 0 heterocycles. The van der Waals surface area contributed by atoms with Gasteiger partial charge in [0, 0.05) is 18.1 Å². The molecule has 1 amide bonds. The van der Waals surface area contributed by atoms with Gasteiger partial charge in [0.05, 0.1) is 27.0 Å². The summed E-state index contributed by atoms with van der Waals surface area (Å²) in [4.78, 5) is 22.9. The Morgan fingerprint density at radius 3 is 2.70 bits per heavy atom. The quantitative estimate of drug-likeness (QED) is 0.708. The second kappa shape index (κ2) is 8.76. The van der Waals surface area contributed by atoms with Crippen LogP contribution in [0.3, 0.4) is 0 Å². The molecule has 0 saturated heterocycles. The van der Waals surface area contributed by atoms with E-state index in [0.29, 0.717) is 28.5 Å². The largest absolute Gasteiger partial charge is 0.481 e. The van der Waals surface area contributed by atoms with Gasteiger partial charge in [0.15, 0.2) is 0 Å². The molecule has 110 valence electrons. The molecule has 0 aromatic heterocycles. The molecule has 0 fully saturated rings. The molecule has 1 atom stereocenters. The zero-order chi connectivity index (χ0) is 15.0. The van der Waals surface area contributed by atoms with Crippen molar-refractivity contribution in [3.8, 4) is 0 Å².